The Labute approximate surface area is 122 Å². The first-order valence-corrected chi connectivity index (χ1v) is 6.42. The zero-order valence-electron chi connectivity index (χ0n) is 12.1. The Morgan fingerprint density at radius 2 is 2.05 bits per heavy atom. The topological polar surface area (TPSA) is 88.3 Å². The number of hydrogen-bond donors (Lipinski definition) is 3. The Morgan fingerprint density at radius 1 is 1.29 bits per heavy atom. The van der Waals surface area contributed by atoms with Crippen molar-refractivity contribution in [2.24, 2.45) is 0 Å². The summed E-state index contributed by atoms with van der Waals surface area (Å²) in [6, 6.07) is 5.03. The van der Waals surface area contributed by atoms with Gasteiger partial charge < -0.3 is 20.1 Å². The molecule has 1 heterocycles. The van der Waals surface area contributed by atoms with Gasteiger partial charge in [0.15, 0.2) is 11.5 Å². The molecule has 0 saturated carbocycles. The number of aromatic nitrogens is 2. The Bertz CT molecular complexity index is 598. The molecule has 0 radical (unpaired) electrons. The van der Waals surface area contributed by atoms with Gasteiger partial charge in [-0.25, -0.2) is 4.79 Å². The van der Waals surface area contributed by atoms with Crippen molar-refractivity contribution in [2.45, 2.75) is 13.0 Å². The highest BCUT2D eigenvalue weighted by Gasteiger charge is 2.13. The van der Waals surface area contributed by atoms with Crippen molar-refractivity contribution in [1.82, 2.24) is 15.5 Å². The highest BCUT2D eigenvalue weighted by atomic mass is 16.5. The Hall–Kier alpha value is -2.70. The van der Waals surface area contributed by atoms with Crippen molar-refractivity contribution in [3.63, 3.8) is 0 Å². The fourth-order valence-electron chi connectivity index (χ4n) is 1.89. The van der Waals surface area contributed by atoms with Crippen LogP contribution in [0.1, 0.15) is 18.5 Å². The summed E-state index contributed by atoms with van der Waals surface area (Å²) in [5.74, 6) is 1.27. The van der Waals surface area contributed by atoms with E-state index in [1.807, 2.05) is 19.1 Å². The third-order valence-corrected chi connectivity index (χ3v) is 3.01. The van der Waals surface area contributed by atoms with E-state index >= 15 is 0 Å². The number of carbonyl (C=O) groups excluding carboxylic acids is 1. The van der Waals surface area contributed by atoms with E-state index in [-0.39, 0.29) is 12.1 Å². The molecule has 21 heavy (non-hydrogen) atoms. The minimum absolute atomic E-state index is 0.184. The first kappa shape index (κ1) is 14.7. The first-order valence-electron chi connectivity index (χ1n) is 6.42. The molecule has 2 rings (SSSR count). The number of methoxy groups -OCH3 is 2. The largest absolute Gasteiger partial charge is 0.493 e. The second kappa shape index (κ2) is 6.65. The second-order valence-corrected chi connectivity index (χ2v) is 4.42. The van der Waals surface area contributed by atoms with Gasteiger partial charge in [-0.15, -0.1) is 0 Å². The van der Waals surface area contributed by atoms with Gasteiger partial charge in [-0.3, -0.25) is 5.10 Å². The summed E-state index contributed by atoms with van der Waals surface area (Å²) in [7, 11) is 3.16. The molecule has 0 aliphatic rings. The summed E-state index contributed by atoms with van der Waals surface area (Å²) in [5.41, 5.74) is 1.52. The summed E-state index contributed by atoms with van der Waals surface area (Å²) in [6.07, 6.45) is 3.13. The minimum Gasteiger partial charge on any atom is -0.493 e. The zero-order chi connectivity index (χ0) is 15.2. The van der Waals surface area contributed by atoms with Gasteiger partial charge >= 0.3 is 6.03 Å². The molecule has 2 amide bonds. The van der Waals surface area contributed by atoms with Crippen molar-refractivity contribution in [3.05, 3.63) is 36.2 Å². The molecule has 1 atom stereocenters. The number of anilines is 1. The zero-order valence-corrected chi connectivity index (χ0v) is 12.1. The SMILES string of the molecule is COc1ccc([C@H](C)NC(=O)Nc2cn[nH]c2)cc1OC. The standard InChI is InChI=1S/C14H18N4O3/c1-9(17-14(19)18-11-7-15-16-8-11)10-4-5-12(20-2)13(6-10)21-3/h4-9H,1-3H3,(H,15,16)(H2,17,18,19)/t9-/m0/s1. The molecule has 0 saturated heterocycles. The number of benzene rings is 1. The third-order valence-electron chi connectivity index (χ3n) is 3.01. The normalized spacial score (nSPS) is 11.6. The second-order valence-electron chi connectivity index (χ2n) is 4.42. The lowest BCUT2D eigenvalue weighted by Crippen LogP contribution is -2.31. The van der Waals surface area contributed by atoms with E-state index in [0.717, 1.165) is 5.56 Å². The molecule has 0 fully saturated rings. The lowest BCUT2D eigenvalue weighted by molar-refractivity contribution is 0.249. The van der Waals surface area contributed by atoms with E-state index in [2.05, 4.69) is 20.8 Å². The van der Waals surface area contributed by atoms with Crippen molar-refractivity contribution >= 4 is 11.7 Å². The summed E-state index contributed by atoms with van der Waals surface area (Å²) >= 11 is 0. The smallest absolute Gasteiger partial charge is 0.319 e. The van der Waals surface area contributed by atoms with Crippen LogP contribution in [-0.4, -0.2) is 30.4 Å². The highest BCUT2D eigenvalue weighted by Crippen LogP contribution is 2.29. The molecule has 0 unspecified atom stereocenters. The molecule has 7 nitrogen and oxygen atoms in total. The molecule has 1 aromatic heterocycles. The number of amides is 2. The number of nitrogens with one attached hydrogen (secondary N) is 3. The van der Waals surface area contributed by atoms with Crippen molar-refractivity contribution in [3.8, 4) is 11.5 Å². The molecule has 0 spiro atoms. The molecule has 1 aromatic carbocycles. The van der Waals surface area contributed by atoms with E-state index in [1.165, 1.54) is 6.20 Å². The molecule has 112 valence electrons. The quantitative estimate of drug-likeness (QED) is 0.788. The van der Waals surface area contributed by atoms with Gasteiger partial charge in [-0.2, -0.15) is 5.10 Å². The van der Waals surface area contributed by atoms with E-state index in [0.29, 0.717) is 17.2 Å². The van der Waals surface area contributed by atoms with Gasteiger partial charge in [0, 0.05) is 6.20 Å². The fourth-order valence-corrected chi connectivity index (χ4v) is 1.89. The number of rotatable bonds is 5. The van der Waals surface area contributed by atoms with Crippen molar-refractivity contribution < 1.29 is 14.3 Å². The monoisotopic (exact) mass is 290 g/mol. The maximum absolute atomic E-state index is 11.9. The van der Waals surface area contributed by atoms with Gasteiger partial charge in [0.25, 0.3) is 0 Å². The van der Waals surface area contributed by atoms with Crippen LogP contribution in [0, 0.1) is 0 Å². The van der Waals surface area contributed by atoms with Crippen LogP contribution in [0.4, 0.5) is 10.5 Å². The number of aromatic amines is 1. The molecule has 3 N–H and O–H groups in total. The molecule has 0 bridgehead atoms. The number of H-pyrrole nitrogens is 1. The summed E-state index contributed by atoms with van der Waals surface area (Å²) in [5, 5.41) is 11.9. The maximum atomic E-state index is 11.9. The average molecular weight is 290 g/mol. The molecule has 0 aliphatic carbocycles. The summed E-state index contributed by atoms with van der Waals surface area (Å²) in [4.78, 5) is 11.9. The predicted molar refractivity (Wildman–Crippen MR) is 78.7 cm³/mol. The Kier molecular flexibility index (Phi) is 4.65. The lowest BCUT2D eigenvalue weighted by Gasteiger charge is -2.16. The van der Waals surface area contributed by atoms with E-state index in [9.17, 15) is 4.79 Å². The van der Waals surface area contributed by atoms with E-state index < -0.39 is 0 Å². The van der Waals surface area contributed by atoms with Crippen LogP contribution in [-0.2, 0) is 0 Å². The summed E-state index contributed by atoms with van der Waals surface area (Å²) in [6.45, 7) is 1.89. The Morgan fingerprint density at radius 3 is 2.67 bits per heavy atom. The minimum atomic E-state index is -0.307. The van der Waals surface area contributed by atoms with Gasteiger partial charge in [0.1, 0.15) is 0 Å². The lowest BCUT2D eigenvalue weighted by atomic mass is 10.1. The molecular formula is C14H18N4O3. The van der Waals surface area contributed by atoms with Crippen LogP contribution < -0.4 is 20.1 Å². The maximum Gasteiger partial charge on any atom is 0.319 e. The van der Waals surface area contributed by atoms with Crippen LogP contribution in [0.3, 0.4) is 0 Å². The van der Waals surface area contributed by atoms with Gasteiger partial charge in [-0.05, 0) is 24.6 Å². The highest BCUT2D eigenvalue weighted by molar-refractivity contribution is 5.89. The number of nitrogens with zero attached hydrogens (tertiary/aromatic N) is 1. The predicted octanol–water partition coefficient (Wildman–Crippen LogP) is 2.31. The molecule has 2 aromatic rings. The van der Waals surface area contributed by atoms with Crippen molar-refractivity contribution in [1.29, 1.82) is 0 Å². The van der Waals surface area contributed by atoms with Crippen LogP contribution in [0.2, 0.25) is 0 Å². The van der Waals surface area contributed by atoms with Crippen LogP contribution in [0.25, 0.3) is 0 Å². The van der Waals surface area contributed by atoms with Gasteiger partial charge in [0.05, 0.1) is 32.1 Å². The van der Waals surface area contributed by atoms with Crippen LogP contribution in [0.5, 0.6) is 11.5 Å². The third kappa shape index (κ3) is 3.65. The summed E-state index contributed by atoms with van der Waals surface area (Å²) < 4.78 is 10.4. The number of urea groups is 1. The van der Waals surface area contributed by atoms with Crippen molar-refractivity contribution in [2.75, 3.05) is 19.5 Å². The van der Waals surface area contributed by atoms with E-state index in [4.69, 9.17) is 9.47 Å². The Balaban J connectivity index is 2.02. The van der Waals surface area contributed by atoms with Crippen LogP contribution >= 0.6 is 0 Å². The molecule has 0 aliphatic heterocycles. The van der Waals surface area contributed by atoms with E-state index in [1.54, 1.807) is 26.5 Å². The average Bonchev–Trinajstić information content (AvgIpc) is 2.99. The number of ether oxygens (including phenoxy) is 2. The van der Waals surface area contributed by atoms with Gasteiger partial charge in [0.2, 0.25) is 0 Å². The fraction of sp³-hybridized carbons (Fsp3) is 0.286. The molecular weight excluding hydrogens is 272 g/mol. The van der Waals surface area contributed by atoms with Gasteiger partial charge in [-0.1, -0.05) is 6.07 Å². The first-order chi connectivity index (χ1) is 10.1. The number of carbonyl (C=O) groups is 1. The number of hydrogen-bond acceptors (Lipinski definition) is 4. The molecule has 7 heteroatoms. The van der Waals surface area contributed by atoms with Crippen LogP contribution in [0.15, 0.2) is 30.6 Å².